The fourth-order valence-corrected chi connectivity index (χ4v) is 3.75. The molecule has 0 spiro atoms. The monoisotopic (exact) mass is 516 g/mol. The Bertz CT molecular complexity index is 871. The van der Waals surface area contributed by atoms with E-state index in [0.717, 1.165) is 12.5 Å². The summed E-state index contributed by atoms with van der Waals surface area (Å²) in [6, 6.07) is 17.1. The van der Waals surface area contributed by atoms with Crippen molar-refractivity contribution in [2.24, 2.45) is 4.99 Å². The minimum Gasteiger partial charge on any atom is -0.357 e. The first-order valence-corrected chi connectivity index (χ1v) is 10.3. The van der Waals surface area contributed by atoms with Gasteiger partial charge in [0, 0.05) is 34.2 Å². The molecule has 0 aromatic heterocycles. The third-order valence-corrected chi connectivity index (χ3v) is 6.00. The number of nitrogens with zero attached hydrogens (tertiary/aromatic N) is 3. The Hall–Kier alpha value is -1.65. The lowest BCUT2D eigenvalue weighted by molar-refractivity contribution is 0.476. The molecule has 0 heterocycles. The predicted molar refractivity (Wildman–Crippen MR) is 125 cm³/mol. The number of guanidine groups is 1. The van der Waals surface area contributed by atoms with Crippen molar-refractivity contribution in [3.05, 3.63) is 65.7 Å². The molecule has 0 bridgehead atoms. The molecule has 2 aromatic rings. The number of halogens is 1. The smallest absolute Gasteiger partial charge is 0.242 e. The summed E-state index contributed by atoms with van der Waals surface area (Å²) in [6.45, 7) is 3.74. The number of rotatable bonds is 7. The lowest BCUT2D eigenvalue weighted by Gasteiger charge is -2.22. The third-order valence-electron chi connectivity index (χ3n) is 4.09. The molecule has 2 rings (SSSR count). The number of hydrogen-bond donors (Lipinski definition) is 1. The Morgan fingerprint density at radius 3 is 2.21 bits per heavy atom. The fraction of sp³-hybridized carbons (Fsp3) is 0.350. The van der Waals surface area contributed by atoms with Crippen LogP contribution < -0.4 is 5.32 Å². The summed E-state index contributed by atoms with van der Waals surface area (Å²) < 4.78 is 26.3. The molecule has 0 amide bonds. The first kappa shape index (κ1) is 24.4. The molecule has 154 valence electrons. The second kappa shape index (κ2) is 11.4. The van der Waals surface area contributed by atoms with E-state index in [4.69, 9.17) is 0 Å². The second-order valence-corrected chi connectivity index (χ2v) is 8.53. The second-order valence-electron chi connectivity index (χ2n) is 6.41. The SMILES string of the molecule is CCNC(=NCc1ccccc1S(=O)(=O)N(C)C)N(C)Cc1ccccc1.I. The first-order valence-electron chi connectivity index (χ1n) is 8.90. The van der Waals surface area contributed by atoms with Crippen LogP contribution in [-0.2, 0) is 23.1 Å². The number of sulfonamides is 1. The van der Waals surface area contributed by atoms with Gasteiger partial charge in [0.15, 0.2) is 5.96 Å². The van der Waals surface area contributed by atoms with Gasteiger partial charge in [-0.15, -0.1) is 24.0 Å². The van der Waals surface area contributed by atoms with Crippen LogP contribution in [0.25, 0.3) is 0 Å². The van der Waals surface area contributed by atoms with Crippen LogP contribution in [0.15, 0.2) is 64.5 Å². The average Bonchev–Trinajstić information content (AvgIpc) is 2.66. The molecule has 0 aliphatic heterocycles. The van der Waals surface area contributed by atoms with E-state index in [1.807, 2.05) is 43.1 Å². The molecule has 8 heteroatoms. The van der Waals surface area contributed by atoms with Crippen LogP contribution in [-0.4, -0.2) is 51.3 Å². The van der Waals surface area contributed by atoms with Gasteiger partial charge in [-0.1, -0.05) is 48.5 Å². The topological polar surface area (TPSA) is 65.0 Å². The van der Waals surface area contributed by atoms with Crippen molar-refractivity contribution in [1.29, 1.82) is 0 Å². The van der Waals surface area contributed by atoms with E-state index >= 15 is 0 Å². The summed E-state index contributed by atoms with van der Waals surface area (Å²) in [5, 5.41) is 3.27. The van der Waals surface area contributed by atoms with Crippen molar-refractivity contribution < 1.29 is 8.42 Å². The lowest BCUT2D eigenvalue weighted by atomic mass is 10.2. The van der Waals surface area contributed by atoms with Crippen LogP contribution in [0.4, 0.5) is 0 Å². The molecule has 0 saturated carbocycles. The minimum atomic E-state index is -3.51. The highest BCUT2D eigenvalue weighted by Gasteiger charge is 2.20. The lowest BCUT2D eigenvalue weighted by Crippen LogP contribution is -2.38. The summed E-state index contributed by atoms with van der Waals surface area (Å²) in [6.07, 6.45) is 0. The number of nitrogens with one attached hydrogen (secondary N) is 1. The molecular formula is C20H29IN4O2S. The van der Waals surface area contributed by atoms with E-state index in [0.29, 0.717) is 17.0 Å². The average molecular weight is 516 g/mol. The third kappa shape index (κ3) is 6.46. The molecule has 0 atom stereocenters. The highest BCUT2D eigenvalue weighted by molar-refractivity contribution is 14.0. The van der Waals surface area contributed by atoms with Gasteiger partial charge in [-0.25, -0.2) is 17.7 Å². The molecule has 0 saturated heterocycles. The quantitative estimate of drug-likeness (QED) is 0.349. The van der Waals surface area contributed by atoms with Crippen LogP contribution in [0, 0.1) is 0 Å². The van der Waals surface area contributed by atoms with Crippen molar-refractivity contribution in [2.75, 3.05) is 27.7 Å². The number of benzene rings is 2. The summed E-state index contributed by atoms with van der Waals surface area (Å²) >= 11 is 0. The van der Waals surface area contributed by atoms with Crippen molar-refractivity contribution in [1.82, 2.24) is 14.5 Å². The Morgan fingerprint density at radius 1 is 1.00 bits per heavy atom. The zero-order valence-electron chi connectivity index (χ0n) is 16.8. The van der Waals surface area contributed by atoms with E-state index < -0.39 is 10.0 Å². The van der Waals surface area contributed by atoms with E-state index in [1.54, 1.807) is 18.2 Å². The van der Waals surface area contributed by atoms with Crippen LogP contribution in [0.1, 0.15) is 18.1 Å². The summed E-state index contributed by atoms with van der Waals surface area (Å²) in [5.74, 6) is 0.735. The van der Waals surface area contributed by atoms with Crippen molar-refractivity contribution >= 4 is 40.0 Å². The number of aliphatic imine (C=N–C) groups is 1. The van der Waals surface area contributed by atoms with Gasteiger partial charge in [0.05, 0.1) is 11.4 Å². The standard InChI is InChI=1S/C20H28N4O2S.HI/c1-5-21-20(24(4)16-17-11-7-6-8-12-17)22-15-18-13-9-10-14-19(18)27(25,26)23(2)3;/h6-14H,5,15-16H2,1-4H3,(H,21,22);1H. The van der Waals surface area contributed by atoms with Crippen LogP contribution >= 0.6 is 24.0 Å². The zero-order valence-corrected chi connectivity index (χ0v) is 19.9. The summed E-state index contributed by atoms with van der Waals surface area (Å²) in [5.41, 5.74) is 1.86. The van der Waals surface area contributed by atoms with Crippen molar-refractivity contribution in [2.45, 2.75) is 24.9 Å². The first-order chi connectivity index (χ1) is 12.9. The van der Waals surface area contributed by atoms with Gasteiger partial charge < -0.3 is 10.2 Å². The van der Waals surface area contributed by atoms with Crippen molar-refractivity contribution in [3.8, 4) is 0 Å². The zero-order chi connectivity index (χ0) is 19.9. The Labute approximate surface area is 185 Å². The van der Waals surface area contributed by atoms with Gasteiger partial charge in [-0.2, -0.15) is 0 Å². The van der Waals surface area contributed by atoms with Crippen LogP contribution in [0.3, 0.4) is 0 Å². The molecule has 0 unspecified atom stereocenters. The van der Waals surface area contributed by atoms with Crippen LogP contribution in [0.2, 0.25) is 0 Å². The Kier molecular flexibility index (Phi) is 9.91. The van der Waals surface area contributed by atoms with E-state index in [1.165, 1.54) is 24.0 Å². The number of hydrogen-bond acceptors (Lipinski definition) is 3. The molecule has 0 fully saturated rings. The molecule has 0 aliphatic carbocycles. The highest BCUT2D eigenvalue weighted by Crippen LogP contribution is 2.19. The van der Waals surface area contributed by atoms with Gasteiger partial charge >= 0.3 is 0 Å². The fourth-order valence-electron chi connectivity index (χ4n) is 2.64. The molecule has 0 radical (unpaired) electrons. The summed E-state index contributed by atoms with van der Waals surface area (Å²) in [4.78, 5) is 6.98. The molecule has 28 heavy (non-hydrogen) atoms. The normalized spacial score (nSPS) is 11.8. The molecule has 6 nitrogen and oxygen atoms in total. The van der Waals surface area contributed by atoms with E-state index in [9.17, 15) is 8.42 Å². The van der Waals surface area contributed by atoms with E-state index in [2.05, 4.69) is 22.4 Å². The maximum absolute atomic E-state index is 12.5. The van der Waals surface area contributed by atoms with Crippen molar-refractivity contribution in [3.63, 3.8) is 0 Å². The predicted octanol–water partition coefficient (Wildman–Crippen LogP) is 3.15. The van der Waals surface area contributed by atoms with Gasteiger partial charge in [0.25, 0.3) is 0 Å². The Balaban J connectivity index is 0.00000392. The Morgan fingerprint density at radius 2 is 1.61 bits per heavy atom. The van der Waals surface area contributed by atoms with E-state index in [-0.39, 0.29) is 30.5 Å². The molecule has 2 aromatic carbocycles. The minimum absolute atomic E-state index is 0. The maximum Gasteiger partial charge on any atom is 0.242 e. The van der Waals surface area contributed by atoms with Crippen LogP contribution in [0.5, 0.6) is 0 Å². The van der Waals surface area contributed by atoms with Gasteiger partial charge in [-0.05, 0) is 24.1 Å². The summed E-state index contributed by atoms with van der Waals surface area (Å²) in [7, 11) is 1.53. The largest absolute Gasteiger partial charge is 0.357 e. The molecular weight excluding hydrogens is 487 g/mol. The van der Waals surface area contributed by atoms with Gasteiger partial charge in [0.1, 0.15) is 0 Å². The molecule has 1 N–H and O–H groups in total. The molecule has 0 aliphatic rings. The maximum atomic E-state index is 12.5. The highest BCUT2D eigenvalue weighted by atomic mass is 127. The van der Waals surface area contributed by atoms with Gasteiger partial charge in [-0.3, -0.25) is 0 Å². The van der Waals surface area contributed by atoms with Gasteiger partial charge in [0.2, 0.25) is 10.0 Å².